The van der Waals surface area contributed by atoms with Crippen molar-refractivity contribution in [1.29, 1.82) is 0 Å². The van der Waals surface area contributed by atoms with E-state index in [1.165, 1.54) is 25.3 Å². The second kappa shape index (κ2) is 10.5. The number of halogens is 1. The SMILES string of the molecule is CC(=O)N(C)C[C@H]1Oc2ncc(C#Cc3cccc(F)c3)cc2C(=O)N([C@@H](C)CO)C[C@H]1C. The number of ether oxygens (including phenoxy) is 1. The highest BCUT2D eigenvalue weighted by Gasteiger charge is 2.34. The Morgan fingerprint density at radius 2 is 2.09 bits per heavy atom. The van der Waals surface area contributed by atoms with Crippen LogP contribution in [-0.4, -0.2) is 70.6 Å². The van der Waals surface area contributed by atoms with Gasteiger partial charge in [0, 0.05) is 43.8 Å². The van der Waals surface area contributed by atoms with Gasteiger partial charge in [-0.15, -0.1) is 0 Å². The summed E-state index contributed by atoms with van der Waals surface area (Å²) in [5.74, 6) is 5.02. The summed E-state index contributed by atoms with van der Waals surface area (Å²) in [7, 11) is 1.69. The van der Waals surface area contributed by atoms with E-state index in [1.54, 1.807) is 42.0 Å². The number of aliphatic hydroxyl groups is 1. The third-order valence-corrected chi connectivity index (χ3v) is 5.69. The first-order valence-corrected chi connectivity index (χ1v) is 10.8. The first-order chi connectivity index (χ1) is 15.7. The second-order valence-electron chi connectivity index (χ2n) is 8.36. The molecule has 1 aromatic carbocycles. The normalized spacial score (nSPS) is 18.7. The number of aliphatic hydroxyl groups excluding tert-OH is 1. The lowest BCUT2D eigenvalue weighted by Gasteiger charge is -2.37. The van der Waals surface area contributed by atoms with E-state index in [4.69, 9.17) is 4.74 Å². The van der Waals surface area contributed by atoms with Gasteiger partial charge < -0.3 is 19.6 Å². The van der Waals surface area contributed by atoms with Crippen molar-refractivity contribution < 1.29 is 23.8 Å². The maximum absolute atomic E-state index is 13.4. The van der Waals surface area contributed by atoms with Gasteiger partial charge in [0.25, 0.3) is 5.91 Å². The monoisotopic (exact) mass is 453 g/mol. The van der Waals surface area contributed by atoms with Gasteiger partial charge in [-0.3, -0.25) is 9.59 Å². The molecule has 33 heavy (non-hydrogen) atoms. The van der Waals surface area contributed by atoms with Crippen molar-refractivity contribution in [3.8, 4) is 17.7 Å². The van der Waals surface area contributed by atoms with Crippen LogP contribution < -0.4 is 4.74 Å². The van der Waals surface area contributed by atoms with Gasteiger partial charge in [0.1, 0.15) is 17.5 Å². The number of amides is 2. The smallest absolute Gasteiger partial charge is 0.259 e. The van der Waals surface area contributed by atoms with Gasteiger partial charge in [-0.1, -0.05) is 24.8 Å². The Balaban J connectivity index is 2.00. The molecular formula is C25H28FN3O4. The molecule has 3 rings (SSSR count). The quantitative estimate of drug-likeness (QED) is 0.719. The van der Waals surface area contributed by atoms with E-state index in [0.29, 0.717) is 24.2 Å². The van der Waals surface area contributed by atoms with Gasteiger partial charge in [0.15, 0.2) is 0 Å². The Kier molecular flexibility index (Phi) is 7.67. The zero-order chi connectivity index (χ0) is 24.1. The molecule has 1 aromatic heterocycles. The number of hydrogen-bond donors (Lipinski definition) is 1. The van der Waals surface area contributed by atoms with Crippen LogP contribution in [-0.2, 0) is 4.79 Å². The minimum Gasteiger partial charge on any atom is -0.472 e. The molecule has 0 radical (unpaired) electrons. The van der Waals surface area contributed by atoms with Crippen LogP contribution in [0.3, 0.4) is 0 Å². The third-order valence-electron chi connectivity index (χ3n) is 5.69. The average Bonchev–Trinajstić information content (AvgIpc) is 2.79. The summed E-state index contributed by atoms with van der Waals surface area (Å²) in [5.41, 5.74) is 1.20. The molecule has 7 nitrogen and oxygen atoms in total. The van der Waals surface area contributed by atoms with E-state index in [0.717, 1.165) is 0 Å². The molecule has 0 aliphatic carbocycles. The van der Waals surface area contributed by atoms with E-state index in [9.17, 15) is 19.1 Å². The van der Waals surface area contributed by atoms with Crippen LogP contribution >= 0.6 is 0 Å². The molecule has 0 bridgehead atoms. The summed E-state index contributed by atoms with van der Waals surface area (Å²) in [6.07, 6.45) is 1.09. The van der Waals surface area contributed by atoms with E-state index in [1.807, 2.05) is 6.92 Å². The van der Waals surface area contributed by atoms with Crippen molar-refractivity contribution in [1.82, 2.24) is 14.8 Å². The lowest BCUT2D eigenvalue weighted by molar-refractivity contribution is -0.129. The number of rotatable bonds is 4. The van der Waals surface area contributed by atoms with E-state index in [2.05, 4.69) is 16.8 Å². The average molecular weight is 454 g/mol. The van der Waals surface area contributed by atoms with Crippen LogP contribution in [0.2, 0.25) is 0 Å². The lowest BCUT2D eigenvalue weighted by atomic mass is 10.00. The standard InChI is InChI=1S/C25H28FN3O4/c1-16-13-29(17(2)15-30)25(32)22-11-20(9-8-19-6-5-7-21(26)10-19)12-27-24(22)33-23(16)14-28(4)18(3)31/h5-7,10-12,16-17,23,30H,13-15H2,1-4H3/t16-,17+,23-/m1/s1. The minimum atomic E-state index is -0.417. The van der Waals surface area contributed by atoms with Crippen molar-refractivity contribution in [3.63, 3.8) is 0 Å². The van der Waals surface area contributed by atoms with Gasteiger partial charge in [-0.25, -0.2) is 9.37 Å². The molecule has 174 valence electrons. The molecule has 1 N–H and O–H groups in total. The van der Waals surface area contributed by atoms with Crippen LogP contribution in [0.5, 0.6) is 5.88 Å². The molecule has 3 atom stereocenters. The molecule has 0 spiro atoms. The van der Waals surface area contributed by atoms with Gasteiger partial charge in [-0.2, -0.15) is 0 Å². The van der Waals surface area contributed by atoms with Crippen molar-refractivity contribution in [3.05, 3.63) is 59.0 Å². The Morgan fingerprint density at radius 3 is 2.76 bits per heavy atom. The molecule has 1 aliphatic rings. The second-order valence-corrected chi connectivity index (χ2v) is 8.36. The number of carbonyl (C=O) groups is 2. The van der Waals surface area contributed by atoms with E-state index >= 15 is 0 Å². The van der Waals surface area contributed by atoms with Crippen molar-refractivity contribution in [2.45, 2.75) is 32.9 Å². The molecule has 2 amide bonds. The van der Waals surface area contributed by atoms with Crippen LogP contribution in [0.4, 0.5) is 4.39 Å². The number of carbonyl (C=O) groups excluding carboxylic acids is 2. The number of hydrogen-bond acceptors (Lipinski definition) is 5. The van der Waals surface area contributed by atoms with Gasteiger partial charge in [-0.05, 0) is 31.2 Å². The summed E-state index contributed by atoms with van der Waals surface area (Å²) >= 11 is 0. The third kappa shape index (κ3) is 5.88. The van der Waals surface area contributed by atoms with Crippen LogP contribution in [0.15, 0.2) is 36.5 Å². The maximum Gasteiger partial charge on any atom is 0.259 e. The summed E-state index contributed by atoms with van der Waals surface area (Å²) in [6.45, 7) is 5.66. The first-order valence-electron chi connectivity index (χ1n) is 10.8. The summed E-state index contributed by atoms with van der Waals surface area (Å²) in [6, 6.07) is 7.10. The van der Waals surface area contributed by atoms with Crippen molar-refractivity contribution in [2.75, 3.05) is 26.7 Å². The fourth-order valence-electron chi connectivity index (χ4n) is 3.50. The molecule has 0 fully saturated rings. The number of fused-ring (bicyclic) bond motifs is 1. The highest BCUT2D eigenvalue weighted by atomic mass is 19.1. The molecule has 2 heterocycles. The maximum atomic E-state index is 13.4. The highest BCUT2D eigenvalue weighted by Crippen LogP contribution is 2.27. The topological polar surface area (TPSA) is 83.0 Å². The zero-order valence-corrected chi connectivity index (χ0v) is 19.2. The fourth-order valence-corrected chi connectivity index (χ4v) is 3.50. The molecule has 2 aromatic rings. The fraction of sp³-hybridized carbons (Fsp3) is 0.400. The summed E-state index contributed by atoms with van der Waals surface area (Å²) in [4.78, 5) is 32.6. The van der Waals surface area contributed by atoms with E-state index in [-0.39, 0.29) is 41.6 Å². The Bertz CT molecular complexity index is 1090. The number of likely N-dealkylation sites (N-methyl/N-ethyl adjacent to an activating group) is 1. The largest absolute Gasteiger partial charge is 0.472 e. The van der Waals surface area contributed by atoms with Gasteiger partial charge in [0.2, 0.25) is 11.8 Å². The molecule has 8 heteroatoms. The Morgan fingerprint density at radius 1 is 1.36 bits per heavy atom. The minimum absolute atomic E-state index is 0.0966. The predicted octanol–water partition coefficient (Wildman–Crippen LogP) is 2.32. The Hall–Kier alpha value is -3.44. The van der Waals surface area contributed by atoms with Crippen molar-refractivity contribution in [2.24, 2.45) is 5.92 Å². The van der Waals surface area contributed by atoms with E-state index < -0.39 is 12.1 Å². The number of benzene rings is 1. The number of pyridine rings is 1. The van der Waals surface area contributed by atoms with Gasteiger partial charge in [0.05, 0.1) is 19.2 Å². The zero-order valence-electron chi connectivity index (χ0n) is 19.2. The molecule has 0 saturated heterocycles. The Labute approximate surface area is 193 Å². The van der Waals surface area contributed by atoms with Crippen LogP contribution in [0.25, 0.3) is 0 Å². The molecular weight excluding hydrogens is 425 g/mol. The van der Waals surface area contributed by atoms with Gasteiger partial charge >= 0.3 is 0 Å². The van der Waals surface area contributed by atoms with Crippen molar-refractivity contribution >= 4 is 11.8 Å². The molecule has 0 unspecified atom stereocenters. The highest BCUT2D eigenvalue weighted by molar-refractivity contribution is 5.97. The number of aromatic nitrogens is 1. The number of nitrogens with zero attached hydrogens (tertiary/aromatic N) is 3. The first kappa shape index (κ1) is 24.2. The van der Waals surface area contributed by atoms with Crippen LogP contribution in [0.1, 0.15) is 42.3 Å². The molecule has 1 aliphatic heterocycles. The van der Waals surface area contributed by atoms with Crippen LogP contribution in [0, 0.1) is 23.6 Å². The molecule has 0 saturated carbocycles. The predicted molar refractivity (Wildman–Crippen MR) is 121 cm³/mol. The summed E-state index contributed by atoms with van der Waals surface area (Å²) in [5, 5.41) is 9.73. The lowest BCUT2D eigenvalue weighted by Crippen LogP contribution is -2.50. The summed E-state index contributed by atoms with van der Waals surface area (Å²) < 4.78 is 19.5.